The second kappa shape index (κ2) is 4.61. The summed E-state index contributed by atoms with van der Waals surface area (Å²) in [6.45, 7) is 0. The standard InChI is InChI=1S/C14H13F3N4/c15-14(16,17)11-4-3-9(7-10(11)13(18)19)21-6-5-12(20-21)8-1-2-8/h3-8H,1-2H2,(H3,18,19). The Morgan fingerprint density at radius 3 is 2.57 bits per heavy atom. The number of amidine groups is 1. The van der Waals surface area contributed by atoms with E-state index in [1.165, 1.54) is 16.8 Å². The number of nitrogens with one attached hydrogen (secondary N) is 1. The molecule has 1 aliphatic rings. The lowest BCUT2D eigenvalue weighted by atomic mass is 10.1. The molecule has 0 aliphatic heterocycles. The molecule has 4 nitrogen and oxygen atoms in total. The van der Waals surface area contributed by atoms with Crippen molar-refractivity contribution in [2.75, 3.05) is 0 Å². The van der Waals surface area contributed by atoms with Crippen LogP contribution in [0.1, 0.15) is 35.6 Å². The quantitative estimate of drug-likeness (QED) is 0.675. The number of hydrogen-bond donors (Lipinski definition) is 2. The number of rotatable bonds is 3. The van der Waals surface area contributed by atoms with Crippen LogP contribution in [-0.2, 0) is 6.18 Å². The molecule has 1 fully saturated rings. The van der Waals surface area contributed by atoms with Crippen molar-refractivity contribution in [1.29, 1.82) is 5.41 Å². The fourth-order valence-corrected chi connectivity index (χ4v) is 2.22. The first kappa shape index (κ1) is 13.7. The van der Waals surface area contributed by atoms with Crippen LogP contribution in [0.2, 0.25) is 0 Å². The first-order valence-corrected chi connectivity index (χ1v) is 6.48. The van der Waals surface area contributed by atoms with E-state index in [9.17, 15) is 13.2 Å². The van der Waals surface area contributed by atoms with E-state index in [0.717, 1.165) is 24.6 Å². The molecular formula is C14H13F3N4. The minimum atomic E-state index is -4.54. The molecule has 1 aromatic heterocycles. The van der Waals surface area contributed by atoms with Crippen molar-refractivity contribution in [2.45, 2.75) is 24.9 Å². The molecule has 21 heavy (non-hydrogen) atoms. The molecular weight excluding hydrogens is 281 g/mol. The van der Waals surface area contributed by atoms with E-state index in [1.54, 1.807) is 6.20 Å². The summed E-state index contributed by atoms with van der Waals surface area (Å²) < 4.78 is 40.2. The first-order valence-electron chi connectivity index (χ1n) is 6.48. The van der Waals surface area contributed by atoms with Gasteiger partial charge >= 0.3 is 6.18 Å². The van der Waals surface area contributed by atoms with Gasteiger partial charge in [-0.25, -0.2) is 4.68 Å². The molecule has 3 N–H and O–H groups in total. The van der Waals surface area contributed by atoms with Gasteiger partial charge < -0.3 is 5.73 Å². The fourth-order valence-electron chi connectivity index (χ4n) is 2.22. The van der Waals surface area contributed by atoms with Crippen LogP contribution in [-0.4, -0.2) is 15.6 Å². The van der Waals surface area contributed by atoms with Crippen molar-refractivity contribution in [1.82, 2.24) is 9.78 Å². The monoisotopic (exact) mass is 294 g/mol. The van der Waals surface area contributed by atoms with Gasteiger partial charge in [0, 0.05) is 17.7 Å². The zero-order chi connectivity index (χ0) is 15.2. The number of nitrogens with zero attached hydrogens (tertiary/aromatic N) is 2. The summed E-state index contributed by atoms with van der Waals surface area (Å²) >= 11 is 0. The summed E-state index contributed by atoms with van der Waals surface area (Å²) in [5.74, 6) is -0.147. The molecule has 0 radical (unpaired) electrons. The van der Waals surface area contributed by atoms with Gasteiger partial charge in [-0.05, 0) is 37.1 Å². The van der Waals surface area contributed by atoms with Crippen LogP contribution in [0.3, 0.4) is 0 Å². The third-order valence-electron chi connectivity index (χ3n) is 3.47. The largest absolute Gasteiger partial charge is 0.417 e. The molecule has 0 amide bonds. The normalized spacial score (nSPS) is 15.2. The van der Waals surface area contributed by atoms with Crippen LogP contribution in [0.25, 0.3) is 5.69 Å². The third kappa shape index (κ3) is 2.63. The molecule has 2 aromatic rings. The van der Waals surface area contributed by atoms with Gasteiger partial charge in [-0.15, -0.1) is 0 Å². The highest BCUT2D eigenvalue weighted by Crippen LogP contribution is 2.39. The Labute approximate surface area is 118 Å². The lowest BCUT2D eigenvalue weighted by Gasteiger charge is -2.13. The third-order valence-corrected chi connectivity index (χ3v) is 3.47. The molecule has 1 saturated carbocycles. The molecule has 1 aliphatic carbocycles. The highest BCUT2D eigenvalue weighted by molar-refractivity contribution is 5.97. The molecule has 110 valence electrons. The summed E-state index contributed by atoms with van der Waals surface area (Å²) in [5, 5.41) is 11.7. The second-order valence-corrected chi connectivity index (χ2v) is 5.10. The number of alkyl halides is 3. The first-order chi connectivity index (χ1) is 9.86. The predicted octanol–water partition coefficient (Wildman–Crippen LogP) is 3.05. The SMILES string of the molecule is N=C(N)c1cc(-n2ccc(C3CC3)n2)ccc1C(F)(F)F. The Balaban J connectivity index is 2.03. The number of halogens is 3. The number of benzene rings is 1. The van der Waals surface area contributed by atoms with E-state index in [2.05, 4.69) is 5.10 Å². The predicted molar refractivity (Wildman–Crippen MR) is 71.6 cm³/mol. The summed E-state index contributed by atoms with van der Waals surface area (Å²) in [4.78, 5) is 0. The Hall–Kier alpha value is -2.31. The molecule has 0 atom stereocenters. The van der Waals surface area contributed by atoms with Gasteiger partial charge in [0.25, 0.3) is 0 Å². The summed E-state index contributed by atoms with van der Waals surface area (Å²) in [7, 11) is 0. The number of hydrogen-bond acceptors (Lipinski definition) is 2. The van der Waals surface area contributed by atoms with Crippen molar-refractivity contribution < 1.29 is 13.2 Å². The van der Waals surface area contributed by atoms with Gasteiger partial charge in [0.1, 0.15) is 5.84 Å². The molecule has 1 heterocycles. The van der Waals surface area contributed by atoms with Gasteiger partial charge in [0.15, 0.2) is 0 Å². The van der Waals surface area contributed by atoms with Gasteiger partial charge in [-0.3, -0.25) is 5.41 Å². The lowest BCUT2D eigenvalue weighted by Crippen LogP contribution is -2.19. The number of aromatic nitrogens is 2. The van der Waals surface area contributed by atoms with E-state index in [0.29, 0.717) is 11.6 Å². The van der Waals surface area contributed by atoms with Crippen LogP contribution in [0.15, 0.2) is 30.5 Å². The second-order valence-electron chi connectivity index (χ2n) is 5.10. The fraction of sp³-hybridized carbons (Fsp3) is 0.286. The van der Waals surface area contributed by atoms with Crippen LogP contribution < -0.4 is 5.73 Å². The number of nitrogen functional groups attached to an aromatic ring is 1. The van der Waals surface area contributed by atoms with E-state index >= 15 is 0 Å². The van der Waals surface area contributed by atoms with Crippen LogP contribution in [0.5, 0.6) is 0 Å². The molecule has 0 spiro atoms. The summed E-state index contributed by atoms with van der Waals surface area (Å²) in [5.41, 5.74) is 5.44. The maximum absolute atomic E-state index is 12.9. The Morgan fingerprint density at radius 2 is 2.00 bits per heavy atom. The molecule has 0 unspecified atom stereocenters. The molecule has 0 saturated heterocycles. The molecule has 1 aromatic carbocycles. The Bertz CT molecular complexity index is 698. The van der Waals surface area contributed by atoms with E-state index in [1.807, 2.05) is 6.07 Å². The maximum atomic E-state index is 12.9. The topological polar surface area (TPSA) is 67.7 Å². The minimum absolute atomic E-state index is 0.330. The van der Waals surface area contributed by atoms with Gasteiger partial charge in [0.05, 0.1) is 16.9 Å². The van der Waals surface area contributed by atoms with Crippen LogP contribution >= 0.6 is 0 Å². The van der Waals surface area contributed by atoms with Crippen LogP contribution in [0, 0.1) is 5.41 Å². The highest BCUT2D eigenvalue weighted by atomic mass is 19.4. The average molecular weight is 294 g/mol. The van der Waals surface area contributed by atoms with E-state index in [-0.39, 0.29) is 5.56 Å². The lowest BCUT2D eigenvalue weighted by molar-refractivity contribution is -0.137. The molecule has 7 heteroatoms. The number of nitrogens with two attached hydrogens (primary N) is 1. The van der Waals surface area contributed by atoms with Crippen molar-refractivity contribution in [2.24, 2.45) is 5.73 Å². The van der Waals surface area contributed by atoms with Gasteiger partial charge in [-0.1, -0.05) is 0 Å². The maximum Gasteiger partial charge on any atom is 0.417 e. The Morgan fingerprint density at radius 1 is 1.29 bits per heavy atom. The molecule has 3 rings (SSSR count). The summed E-state index contributed by atoms with van der Waals surface area (Å²) in [6, 6.07) is 5.38. The highest BCUT2D eigenvalue weighted by Gasteiger charge is 2.34. The molecule has 0 bridgehead atoms. The zero-order valence-corrected chi connectivity index (χ0v) is 11.0. The van der Waals surface area contributed by atoms with Crippen molar-refractivity contribution >= 4 is 5.84 Å². The minimum Gasteiger partial charge on any atom is -0.384 e. The van der Waals surface area contributed by atoms with Crippen molar-refractivity contribution in [3.63, 3.8) is 0 Å². The average Bonchev–Trinajstić information content (AvgIpc) is 3.15. The summed E-state index contributed by atoms with van der Waals surface area (Å²) in [6.07, 6.45) is -0.631. The van der Waals surface area contributed by atoms with Gasteiger partial charge in [0.2, 0.25) is 0 Å². The van der Waals surface area contributed by atoms with E-state index < -0.39 is 17.6 Å². The van der Waals surface area contributed by atoms with Gasteiger partial charge in [-0.2, -0.15) is 18.3 Å². The van der Waals surface area contributed by atoms with Crippen LogP contribution in [0.4, 0.5) is 13.2 Å². The zero-order valence-electron chi connectivity index (χ0n) is 11.0. The smallest absolute Gasteiger partial charge is 0.384 e. The van der Waals surface area contributed by atoms with Crippen molar-refractivity contribution in [3.05, 3.63) is 47.3 Å². The van der Waals surface area contributed by atoms with Crippen molar-refractivity contribution in [3.8, 4) is 5.69 Å². The Kier molecular flexibility index (Phi) is 3.00. The van der Waals surface area contributed by atoms with E-state index in [4.69, 9.17) is 11.1 Å².